The first-order valence-corrected chi connectivity index (χ1v) is 6.20. The van der Waals surface area contributed by atoms with E-state index in [0.717, 1.165) is 6.07 Å². The van der Waals surface area contributed by atoms with Crippen molar-refractivity contribution < 1.29 is 22.0 Å². The summed E-state index contributed by atoms with van der Waals surface area (Å²) in [5.41, 5.74) is -1.03. The van der Waals surface area contributed by atoms with E-state index < -0.39 is 41.3 Å². The molecule has 0 aliphatic heterocycles. The van der Waals surface area contributed by atoms with Crippen molar-refractivity contribution in [2.45, 2.75) is 6.54 Å². The third kappa shape index (κ3) is 2.92. The van der Waals surface area contributed by atoms with E-state index in [1.54, 1.807) is 0 Å². The van der Waals surface area contributed by atoms with Gasteiger partial charge in [-0.25, -0.2) is 22.0 Å². The smallest absolute Gasteiger partial charge is 0.152 e. The molecule has 0 spiro atoms. The fourth-order valence-electron chi connectivity index (χ4n) is 1.62. The largest absolute Gasteiger partial charge is 0.376 e. The lowest BCUT2D eigenvalue weighted by molar-refractivity contribution is 0.541. The summed E-state index contributed by atoms with van der Waals surface area (Å²) in [4.78, 5) is 0. The highest BCUT2D eigenvalue weighted by molar-refractivity contribution is 9.10. The molecule has 1 N–H and O–H groups in total. The minimum atomic E-state index is -1.18. The maximum absolute atomic E-state index is 13.7. The molecular formula is C13H7BrF5N. The summed E-state index contributed by atoms with van der Waals surface area (Å²) in [6.07, 6.45) is 0. The molecule has 1 nitrogen and oxygen atoms in total. The van der Waals surface area contributed by atoms with Crippen LogP contribution in [0.4, 0.5) is 27.6 Å². The van der Waals surface area contributed by atoms with Gasteiger partial charge in [-0.05, 0) is 28.1 Å². The lowest BCUT2D eigenvalue weighted by Crippen LogP contribution is -2.08. The van der Waals surface area contributed by atoms with Crippen molar-refractivity contribution in [2.75, 3.05) is 5.32 Å². The van der Waals surface area contributed by atoms with Gasteiger partial charge in [0.05, 0.1) is 4.47 Å². The standard InChI is InChI=1S/C13H7BrF5N/c14-8-1-2-9(16)7(12(8)19)5-20-13-10(17)3-6(15)4-11(13)18/h1-4,20H,5H2. The van der Waals surface area contributed by atoms with Crippen LogP contribution in [0, 0.1) is 29.1 Å². The third-order valence-corrected chi connectivity index (χ3v) is 3.20. The lowest BCUT2D eigenvalue weighted by Gasteiger charge is -2.11. The molecule has 0 aliphatic rings. The Bertz CT molecular complexity index is 636. The monoisotopic (exact) mass is 351 g/mol. The summed E-state index contributed by atoms with van der Waals surface area (Å²) >= 11 is 2.88. The van der Waals surface area contributed by atoms with Gasteiger partial charge in [-0.3, -0.25) is 0 Å². The zero-order valence-electron chi connectivity index (χ0n) is 9.78. The van der Waals surface area contributed by atoms with Crippen LogP contribution >= 0.6 is 15.9 Å². The van der Waals surface area contributed by atoms with Crippen molar-refractivity contribution in [3.8, 4) is 0 Å². The average molecular weight is 352 g/mol. The maximum atomic E-state index is 13.7. The van der Waals surface area contributed by atoms with Crippen molar-refractivity contribution >= 4 is 21.6 Å². The van der Waals surface area contributed by atoms with Crippen LogP contribution in [0.5, 0.6) is 0 Å². The van der Waals surface area contributed by atoms with E-state index in [2.05, 4.69) is 21.2 Å². The molecule has 0 fully saturated rings. The average Bonchev–Trinajstić information content (AvgIpc) is 2.36. The number of anilines is 1. The summed E-state index contributed by atoms with van der Waals surface area (Å²) in [5, 5.41) is 2.22. The number of hydrogen-bond donors (Lipinski definition) is 1. The lowest BCUT2D eigenvalue weighted by atomic mass is 10.2. The Balaban J connectivity index is 2.28. The molecule has 0 radical (unpaired) electrons. The van der Waals surface area contributed by atoms with Crippen molar-refractivity contribution in [1.29, 1.82) is 0 Å². The topological polar surface area (TPSA) is 12.0 Å². The molecule has 0 saturated heterocycles. The molecule has 0 aromatic heterocycles. The predicted molar refractivity (Wildman–Crippen MR) is 67.7 cm³/mol. The minimum absolute atomic E-state index is 0.0238. The van der Waals surface area contributed by atoms with Gasteiger partial charge in [-0.2, -0.15) is 0 Å². The first-order chi connectivity index (χ1) is 9.40. The van der Waals surface area contributed by atoms with Crippen molar-refractivity contribution in [1.82, 2.24) is 0 Å². The quantitative estimate of drug-likeness (QED) is 0.621. The number of benzene rings is 2. The van der Waals surface area contributed by atoms with Crippen molar-refractivity contribution in [2.24, 2.45) is 0 Å². The van der Waals surface area contributed by atoms with E-state index in [9.17, 15) is 22.0 Å². The Labute approximate surface area is 119 Å². The molecule has 0 unspecified atom stereocenters. The summed E-state index contributed by atoms with van der Waals surface area (Å²) in [7, 11) is 0. The third-order valence-electron chi connectivity index (χ3n) is 2.59. The van der Waals surface area contributed by atoms with Crippen LogP contribution in [0.2, 0.25) is 0 Å². The molecule has 0 amide bonds. The Morgan fingerprint density at radius 1 is 0.900 bits per heavy atom. The summed E-state index contributed by atoms with van der Waals surface area (Å²) in [5.74, 6) is -5.18. The van der Waals surface area contributed by atoms with Gasteiger partial charge in [0.25, 0.3) is 0 Å². The van der Waals surface area contributed by atoms with Crippen LogP contribution in [-0.4, -0.2) is 0 Å². The summed E-state index contributed by atoms with van der Waals surface area (Å²) in [6.45, 7) is -0.490. The van der Waals surface area contributed by atoms with Crippen molar-refractivity contribution in [3.05, 3.63) is 63.4 Å². The predicted octanol–water partition coefficient (Wildman–Crippen LogP) is 4.76. The zero-order chi connectivity index (χ0) is 14.9. The molecule has 0 heterocycles. The van der Waals surface area contributed by atoms with Crippen LogP contribution in [0.25, 0.3) is 0 Å². The van der Waals surface area contributed by atoms with E-state index in [1.807, 2.05) is 0 Å². The summed E-state index contributed by atoms with van der Waals surface area (Å²) < 4.78 is 66.6. The Kier molecular flexibility index (Phi) is 4.27. The van der Waals surface area contributed by atoms with Crippen LogP contribution in [0.15, 0.2) is 28.7 Å². The van der Waals surface area contributed by atoms with E-state index in [0.29, 0.717) is 12.1 Å². The highest BCUT2D eigenvalue weighted by Gasteiger charge is 2.15. The number of halogens is 6. The molecule has 0 bridgehead atoms. The fraction of sp³-hybridized carbons (Fsp3) is 0.0769. The second-order valence-electron chi connectivity index (χ2n) is 3.92. The molecule has 0 saturated carbocycles. The second kappa shape index (κ2) is 5.78. The molecular weight excluding hydrogens is 345 g/mol. The van der Waals surface area contributed by atoms with Gasteiger partial charge in [-0.15, -0.1) is 0 Å². The van der Waals surface area contributed by atoms with Gasteiger partial charge >= 0.3 is 0 Å². The fourth-order valence-corrected chi connectivity index (χ4v) is 1.99. The van der Waals surface area contributed by atoms with Gasteiger partial charge in [0, 0.05) is 24.2 Å². The van der Waals surface area contributed by atoms with Gasteiger partial charge in [0.15, 0.2) is 11.6 Å². The Morgan fingerprint density at radius 2 is 1.50 bits per heavy atom. The molecule has 2 aromatic rings. The summed E-state index contributed by atoms with van der Waals surface area (Å²) in [6, 6.07) is 3.13. The second-order valence-corrected chi connectivity index (χ2v) is 4.77. The number of rotatable bonds is 3. The SMILES string of the molecule is Fc1cc(F)c(NCc2c(F)ccc(Br)c2F)c(F)c1. The number of hydrogen-bond acceptors (Lipinski definition) is 1. The van der Waals surface area contributed by atoms with E-state index in [1.165, 1.54) is 6.07 Å². The molecule has 0 atom stereocenters. The Morgan fingerprint density at radius 3 is 2.10 bits per heavy atom. The normalized spacial score (nSPS) is 10.7. The molecule has 2 rings (SSSR count). The van der Waals surface area contributed by atoms with Gasteiger partial charge < -0.3 is 5.32 Å². The molecule has 106 valence electrons. The van der Waals surface area contributed by atoms with E-state index >= 15 is 0 Å². The molecule has 0 aliphatic carbocycles. The first-order valence-electron chi connectivity index (χ1n) is 5.41. The first kappa shape index (κ1) is 14.8. The van der Waals surface area contributed by atoms with Crippen LogP contribution in [0.1, 0.15) is 5.56 Å². The highest BCUT2D eigenvalue weighted by atomic mass is 79.9. The zero-order valence-corrected chi connectivity index (χ0v) is 11.4. The van der Waals surface area contributed by atoms with Gasteiger partial charge in [0.2, 0.25) is 0 Å². The van der Waals surface area contributed by atoms with E-state index in [-0.39, 0.29) is 10.0 Å². The van der Waals surface area contributed by atoms with Gasteiger partial charge in [-0.1, -0.05) is 0 Å². The van der Waals surface area contributed by atoms with Crippen LogP contribution in [0.3, 0.4) is 0 Å². The van der Waals surface area contributed by atoms with Crippen LogP contribution < -0.4 is 5.32 Å². The molecule has 7 heteroatoms. The minimum Gasteiger partial charge on any atom is -0.376 e. The Hall–Kier alpha value is -1.63. The number of nitrogens with one attached hydrogen (secondary N) is 1. The maximum Gasteiger partial charge on any atom is 0.152 e. The van der Waals surface area contributed by atoms with E-state index in [4.69, 9.17) is 0 Å². The van der Waals surface area contributed by atoms with Crippen LogP contribution in [-0.2, 0) is 6.54 Å². The highest BCUT2D eigenvalue weighted by Crippen LogP contribution is 2.25. The molecule has 2 aromatic carbocycles. The van der Waals surface area contributed by atoms with Crippen molar-refractivity contribution in [3.63, 3.8) is 0 Å². The molecule has 20 heavy (non-hydrogen) atoms. The van der Waals surface area contributed by atoms with Gasteiger partial charge in [0.1, 0.15) is 23.1 Å².